The topological polar surface area (TPSA) is 45.3 Å². The van der Waals surface area contributed by atoms with Gasteiger partial charge >= 0.3 is 0 Å². The minimum absolute atomic E-state index is 0.0529. The molecule has 2 aromatic carbocycles. The smallest absolute Gasteiger partial charge is 0.253 e. The van der Waals surface area contributed by atoms with Crippen LogP contribution in [0.5, 0.6) is 5.75 Å². The van der Waals surface area contributed by atoms with Gasteiger partial charge in [0.05, 0.1) is 6.54 Å². The minimum atomic E-state index is -0.301. The predicted molar refractivity (Wildman–Crippen MR) is 96.6 cm³/mol. The van der Waals surface area contributed by atoms with Gasteiger partial charge in [-0.2, -0.15) is 0 Å². The van der Waals surface area contributed by atoms with Crippen LogP contribution in [-0.2, 0) is 0 Å². The summed E-state index contributed by atoms with van der Waals surface area (Å²) in [6.07, 6.45) is 0. The molecule has 0 fully saturated rings. The average molecular weight is 340 g/mol. The molecule has 0 spiro atoms. The molecule has 1 N–H and O–H groups in total. The third-order valence-corrected chi connectivity index (χ3v) is 4.41. The normalized spacial score (nSPS) is 10.9. The number of nitrogens with one attached hydrogen (secondary N) is 1. The van der Waals surface area contributed by atoms with Crippen LogP contribution in [0.4, 0.5) is 4.39 Å². The number of carbonyl (C=O) groups excluding carboxylic acids is 1. The number of likely N-dealkylation sites (N-methyl/N-ethyl adjacent to an activating group) is 1. The third kappa shape index (κ3) is 3.65. The Balaban J connectivity index is 1.63. The van der Waals surface area contributed by atoms with Gasteiger partial charge in [0.1, 0.15) is 18.2 Å². The van der Waals surface area contributed by atoms with Crippen LogP contribution in [0, 0.1) is 19.7 Å². The van der Waals surface area contributed by atoms with Gasteiger partial charge in [0.25, 0.3) is 5.91 Å². The first kappa shape index (κ1) is 17.0. The molecule has 0 aliphatic rings. The van der Waals surface area contributed by atoms with Crippen molar-refractivity contribution in [2.24, 2.45) is 0 Å². The van der Waals surface area contributed by atoms with E-state index in [4.69, 9.17) is 4.74 Å². The fourth-order valence-electron chi connectivity index (χ4n) is 2.75. The first-order chi connectivity index (χ1) is 12.0. The molecule has 0 radical (unpaired) electrons. The molecule has 25 heavy (non-hydrogen) atoms. The molecule has 0 aliphatic carbocycles. The summed E-state index contributed by atoms with van der Waals surface area (Å²) in [5.41, 5.74) is 3.96. The minimum Gasteiger partial charge on any atom is -0.492 e. The van der Waals surface area contributed by atoms with E-state index in [2.05, 4.69) is 4.98 Å². The summed E-state index contributed by atoms with van der Waals surface area (Å²) in [5.74, 6) is 0.232. The number of amides is 1. The van der Waals surface area contributed by atoms with E-state index in [1.807, 2.05) is 32.0 Å². The van der Waals surface area contributed by atoms with Gasteiger partial charge in [-0.05, 0) is 61.9 Å². The number of aromatic nitrogens is 1. The lowest BCUT2D eigenvalue weighted by Crippen LogP contribution is -2.30. The van der Waals surface area contributed by atoms with Crippen LogP contribution in [0.25, 0.3) is 10.9 Å². The van der Waals surface area contributed by atoms with Crippen LogP contribution in [0.1, 0.15) is 21.6 Å². The number of hydrogen-bond acceptors (Lipinski definition) is 2. The fourth-order valence-corrected chi connectivity index (χ4v) is 2.75. The summed E-state index contributed by atoms with van der Waals surface area (Å²) < 4.78 is 18.4. The standard InChI is InChI=1S/C20H21FN2O2/c1-13-14(2)22-19-9-4-15(12-18(13)19)20(24)23(3)10-11-25-17-7-5-16(21)6-8-17/h4-9,12,22H,10-11H2,1-3H3. The van der Waals surface area contributed by atoms with E-state index in [9.17, 15) is 9.18 Å². The molecule has 0 saturated heterocycles. The first-order valence-corrected chi connectivity index (χ1v) is 8.18. The van der Waals surface area contributed by atoms with E-state index in [0.717, 1.165) is 22.2 Å². The quantitative estimate of drug-likeness (QED) is 0.761. The molecule has 0 saturated carbocycles. The van der Waals surface area contributed by atoms with Gasteiger partial charge in [0, 0.05) is 29.2 Å². The Hall–Kier alpha value is -2.82. The Morgan fingerprint density at radius 1 is 1.16 bits per heavy atom. The van der Waals surface area contributed by atoms with E-state index in [1.165, 1.54) is 12.1 Å². The van der Waals surface area contributed by atoms with Crippen LogP contribution >= 0.6 is 0 Å². The summed E-state index contributed by atoms with van der Waals surface area (Å²) in [5, 5.41) is 1.07. The van der Waals surface area contributed by atoms with Gasteiger partial charge in [0.15, 0.2) is 0 Å². The number of nitrogens with zero attached hydrogens (tertiary/aromatic N) is 1. The molecule has 1 amide bonds. The molecule has 3 aromatic rings. The maximum absolute atomic E-state index is 12.9. The maximum Gasteiger partial charge on any atom is 0.253 e. The van der Waals surface area contributed by atoms with Crippen molar-refractivity contribution >= 4 is 16.8 Å². The molecule has 0 atom stereocenters. The first-order valence-electron chi connectivity index (χ1n) is 8.18. The largest absolute Gasteiger partial charge is 0.492 e. The monoisotopic (exact) mass is 340 g/mol. The van der Waals surface area contributed by atoms with Crippen molar-refractivity contribution in [1.29, 1.82) is 0 Å². The van der Waals surface area contributed by atoms with E-state index in [0.29, 0.717) is 24.5 Å². The number of halogens is 1. The number of ether oxygens (including phenoxy) is 1. The maximum atomic E-state index is 12.9. The predicted octanol–water partition coefficient (Wildman–Crippen LogP) is 4.07. The summed E-state index contributed by atoms with van der Waals surface area (Å²) in [6, 6.07) is 11.5. The average Bonchev–Trinajstić information content (AvgIpc) is 2.90. The number of carbonyl (C=O) groups is 1. The van der Waals surface area contributed by atoms with Gasteiger partial charge in [-0.15, -0.1) is 0 Å². The van der Waals surface area contributed by atoms with Crippen molar-refractivity contribution in [1.82, 2.24) is 9.88 Å². The van der Waals surface area contributed by atoms with Crippen molar-refractivity contribution < 1.29 is 13.9 Å². The molecule has 0 aliphatic heterocycles. The van der Waals surface area contributed by atoms with Crippen LogP contribution in [0.3, 0.4) is 0 Å². The molecule has 0 bridgehead atoms. The summed E-state index contributed by atoms with van der Waals surface area (Å²) >= 11 is 0. The molecule has 130 valence electrons. The Bertz CT molecular complexity index is 900. The van der Waals surface area contributed by atoms with Crippen molar-refractivity contribution in [2.45, 2.75) is 13.8 Å². The fraction of sp³-hybridized carbons (Fsp3) is 0.250. The summed E-state index contributed by atoms with van der Waals surface area (Å²) in [4.78, 5) is 17.5. The molecule has 0 unspecified atom stereocenters. The highest BCUT2D eigenvalue weighted by Gasteiger charge is 2.14. The summed E-state index contributed by atoms with van der Waals surface area (Å²) in [7, 11) is 1.75. The van der Waals surface area contributed by atoms with Crippen molar-refractivity contribution in [3.63, 3.8) is 0 Å². The Morgan fingerprint density at radius 2 is 1.88 bits per heavy atom. The SMILES string of the molecule is Cc1[nH]c2ccc(C(=O)N(C)CCOc3ccc(F)cc3)cc2c1C. The number of rotatable bonds is 5. The number of benzene rings is 2. The van der Waals surface area contributed by atoms with E-state index in [1.54, 1.807) is 24.1 Å². The number of aromatic amines is 1. The van der Waals surface area contributed by atoms with Gasteiger partial charge in [-0.25, -0.2) is 4.39 Å². The van der Waals surface area contributed by atoms with Crippen LogP contribution in [0.15, 0.2) is 42.5 Å². The number of fused-ring (bicyclic) bond motifs is 1. The van der Waals surface area contributed by atoms with Gasteiger partial charge in [-0.1, -0.05) is 0 Å². The highest BCUT2D eigenvalue weighted by Crippen LogP contribution is 2.23. The highest BCUT2D eigenvalue weighted by atomic mass is 19.1. The number of H-pyrrole nitrogens is 1. The molecule has 1 heterocycles. The second-order valence-corrected chi connectivity index (χ2v) is 6.16. The van der Waals surface area contributed by atoms with Crippen molar-refractivity contribution in [3.05, 3.63) is 65.1 Å². The number of hydrogen-bond donors (Lipinski definition) is 1. The van der Waals surface area contributed by atoms with E-state index >= 15 is 0 Å². The highest BCUT2D eigenvalue weighted by molar-refractivity contribution is 5.98. The van der Waals surface area contributed by atoms with Crippen LogP contribution < -0.4 is 4.74 Å². The van der Waals surface area contributed by atoms with Crippen molar-refractivity contribution in [2.75, 3.05) is 20.2 Å². The molecular weight excluding hydrogens is 319 g/mol. The molecule has 4 nitrogen and oxygen atoms in total. The van der Waals surface area contributed by atoms with Gasteiger partial charge in [0.2, 0.25) is 0 Å². The zero-order valence-electron chi connectivity index (χ0n) is 14.6. The third-order valence-electron chi connectivity index (χ3n) is 4.41. The van der Waals surface area contributed by atoms with E-state index in [-0.39, 0.29) is 11.7 Å². The molecule has 5 heteroatoms. The van der Waals surface area contributed by atoms with Crippen LogP contribution in [-0.4, -0.2) is 36.0 Å². The Morgan fingerprint density at radius 3 is 2.60 bits per heavy atom. The van der Waals surface area contributed by atoms with Gasteiger partial charge < -0.3 is 14.6 Å². The molecular formula is C20H21FN2O2. The molecule has 3 rings (SSSR count). The molecule has 1 aromatic heterocycles. The number of aryl methyl sites for hydroxylation is 2. The lowest BCUT2D eigenvalue weighted by molar-refractivity contribution is 0.0774. The lowest BCUT2D eigenvalue weighted by Gasteiger charge is -2.17. The van der Waals surface area contributed by atoms with E-state index < -0.39 is 0 Å². The lowest BCUT2D eigenvalue weighted by atomic mass is 10.1. The van der Waals surface area contributed by atoms with Gasteiger partial charge in [-0.3, -0.25) is 4.79 Å². The second-order valence-electron chi connectivity index (χ2n) is 6.16. The zero-order valence-corrected chi connectivity index (χ0v) is 14.6. The Labute approximate surface area is 146 Å². The zero-order chi connectivity index (χ0) is 18.0. The second kappa shape index (κ2) is 6.97. The Kier molecular flexibility index (Phi) is 4.74. The van der Waals surface area contributed by atoms with Crippen molar-refractivity contribution in [3.8, 4) is 5.75 Å². The summed E-state index contributed by atoms with van der Waals surface area (Å²) in [6.45, 7) is 4.86. The van der Waals surface area contributed by atoms with Crippen LogP contribution in [0.2, 0.25) is 0 Å².